The first-order chi connectivity index (χ1) is 13.0. The number of benzene rings is 1. The molecule has 1 atom stereocenters. The molecule has 0 spiro atoms. The Morgan fingerprint density at radius 3 is 2.85 bits per heavy atom. The Labute approximate surface area is 159 Å². The number of halogens is 1. The van der Waals surface area contributed by atoms with Gasteiger partial charge in [0.15, 0.2) is 6.29 Å². The summed E-state index contributed by atoms with van der Waals surface area (Å²) in [4.78, 5) is 23.8. The fourth-order valence-electron chi connectivity index (χ4n) is 3.74. The van der Waals surface area contributed by atoms with Crippen LogP contribution in [0.25, 0.3) is 0 Å². The highest BCUT2D eigenvalue weighted by Gasteiger charge is 2.36. The minimum absolute atomic E-state index is 0.147. The van der Waals surface area contributed by atoms with Crippen LogP contribution >= 0.6 is 11.3 Å². The van der Waals surface area contributed by atoms with E-state index in [2.05, 4.69) is 5.32 Å². The van der Waals surface area contributed by atoms with Crippen LogP contribution in [-0.4, -0.2) is 36.1 Å². The van der Waals surface area contributed by atoms with Gasteiger partial charge in [0.2, 0.25) is 0 Å². The molecule has 1 unspecified atom stereocenters. The molecule has 27 heavy (non-hydrogen) atoms. The zero-order valence-electron chi connectivity index (χ0n) is 14.6. The molecule has 0 saturated carbocycles. The largest absolute Gasteiger partial charge is 0.351 e. The van der Waals surface area contributed by atoms with Gasteiger partial charge in [0.05, 0.1) is 11.5 Å². The van der Waals surface area contributed by atoms with Crippen molar-refractivity contribution < 1.29 is 14.0 Å². The number of amides is 2. The summed E-state index contributed by atoms with van der Waals surface area (Å²) in [6, 6.07) is 5.86. The Morgan fingerprint density at radius 1 is 1.37 bits per heavy atom. The number of aldehydes is 1. The molecule has 1 aromatic heterocycles. The Kier molecular flexibility index (Phi) is 4.65. The van der Waals surface area contributed by atoms with Crippen molar-refractivity contribution >= 4 is 34.4 Å². The lowest BCUT2D eigenvalue weighted by atomic mass is 9.86. The molecule has 2 aliphatic rings. The molecule has 140 valence electrons. The molecular formula is C19H19FN4O2S. The van der Waals surface area contributed by atoms with Crippen molar-refractivity contribution in [3.05, 3.63) is 51.7 Å². The molecule has 1 aliphatic heterocycles. The maximum absolute atomic E-state index is 13.0. The predicted octanol–water partition coefficient (Wildman–Crippen LogP) is 3.13. The molecule has 0 radical (unpaired) electrons. The first-order valence-corrected chi connectivity index (χ1v) is 9.60. The summed E-state index contributed by atoms with van der Waals surface area (Å²) in [7, 11) is 0. The van der Waals surface area contributed by atoms with E-state index in [0.29, 0.717) is 10.6 Å². The number of rotatable bonds is 5. The predicted molar refractivity (Wildman–Crippen MR) is 103 cm³/mol. The zero-order chi connectivity index (χ0) is 19.0. The highest BCUT2D eigenvalue weighted by Crippen LogP contribution is 2.44. The lowest BCUT2D eigenvalue weighted by Crippen LogP contribution is -2.23. The number of hydrazone groups is 1. The number of carbonyl (C=O) groups excluding carboxylic acids is 2. The van der Waals surface area contributed by atoms with Crippen molar-refractivity contribution in [3.63, 3.8) is 0 Å². The number of hydrogen-bond acceptors (Lipinski definition) is 5. The standard InChI is InChI=1S/C19H19FN4O2S/c20-12-3-1-11(2-4-12)7-8-24-9-14-16(23-24)6-5-13-15(10-25)18(22-19(21)26)27-17(13)14/h1-4,10,14H,5-9H2,(H3,21,22,26). The fraction of sp³-hybridized carbons (Fsp3) is 0.316. The fourth-order valence-corrected chi connectivity index (χ4v) is 5.08. The Bertz CT molecular complexity index is 923. The van der Waals surface area contributed by atoms with Crippen LogP contribution in [-0.2, 0) is 12.8 Å². The third-order valence-corrected chi connectivity index (χ3v) is 6.30. The van der Waals surface area contributed by atoms with E-state index in [-0.39, 0.29) is 11.7 Å². The first-order valence-electron chi connectivity index (χ1n) is 8.79. The third-order valence-electron chi connectivity index (χ3n) is 5.02. The SMILES string of the molecule is NC(=O)Nc1sc2c(c1C=O)CCC1=NN(CCc3ccc(F)cc3)CC12. The highest BCUT2D eigenvalue weighted by atomic mass is 32.1. The van der Waals surface area contributed by atoms with Gasteiger partial charge in [-0.2, -0.15) is 5.10 Å². The maximum atomic E-state index is 13.0. The van der Waals surface area contributed by atoms with E-state index in [0.717, 1.165) is 60.4 Å². The first kappa shape index (κ1) is 17.7. The molecule has 4 rings (SSSR count). The van der Waals surface area contributed by atoms with Gasteiger partial charge in [0, 0.05) is 23.7 Å². The van der Waals surface area contributed by atoms with E-state index < -0.39 is 6.03 Å². The molecule has 8 heteroatoms. The molecule has 0 saturated heterocycles. The average molecular weight is 386 g/mol. The molecule has 1 aromatic carbocycles. The van der Waals surface area contributed by atoms with Gasteiger partial charge >= 0.3 is 6.03 Å². The van der Waals surface area contributed by atoms with E-state index in [1.165, 1.54) is 23.5 Å². The number of carbonyl (C=O) groups is 2. The van der Waals surface area contributed by atoms with Crippen LogP contribution in [0.1, 0.15) is 38.7 Å². The summed E-state index contributed by atoms with van der Waals surface area (Å²) in [6.45, 7) is 1.50. The van der Waals surface area contributed by atoms with Gasteiger partial charge in [0.25, 0.3) is 0 Å². The number of urea groups is 1. The summed E-state index contributed by atoms with van der Waals surface area (Å²) in [5.41, 5.74) is 8.95. The van der Waals surface area contributed by atoms with Crippen molar-refractivity contribution in [1.82, 2.24) is 5.01 Å². The van der Waals surface area contributed by atoms with Crippen LogP contribution in [0.4, 0.5) is 14.2 Å². The number of nitrogens with one attached hydrogen (secondary N) is 1. The van der Waals surface area contributed by atoms with Gasteiger partial charge in [-0.25, -0.2) is 9.18 Å². The van der Waals surface area contributed by atoms with E-state index >= 15 is 0 Å². The van der Waals surface area contributed by atoms with Crippen LogP contribution in [0, 0.1) is 5.82 Å². The quantitative estimate of drug-likeness (QED) is 0.774. The van der Waals surface area contributed by atoms with E-state index in [9.17, 15) is 14.0 Å². The lowest BCUT2D eigenvalue weighted by molar-refractivity contribution is 0.112. The van der Waals surface area contributed by atoms with Gasteiger partial charge in [-0.3, -0.25) is 15.1 Å². The summed E-state index contributed by atoms with van der Waals surface area (Å²) in [5.74, 6) is -0.0862. The molecule has 3 N–H and O–H groups in total. The number of anilines is 1. The molecule has 2 amide bonds. The number of primary amides is 1. The van der Waals surface area contributed by atoms with Gasteiger partial charge in [-0.1, -0.05) is 12.1 Å². The van der Waals surface area contributed by atoms with E-state index in [1.54, 1.807) is 12.1 Å². The summed E-state index contributed by atoms with van der Waals surface area (Å²) in [5, 5.41) is 9.88. The number of thiophene rings is 1. The van der Waals surface area contributed by atoms with Crippen LogP contribution in [0.2, 0.25) is 0 Å². The van der Waals surface area contributed by atoms with Crippen molar-refractivity contribution in [3.8, 4) is 0 Å². The monoisotopic (exact) mass is 386 g/mol. The maximum Gasteiger partial charge on any atom is 0.317 e. The van der Waals surface area contributed by atoms with Crippen LogP contribution in [0.5, 0.6) is 0 Å². The highest BCUT2D eigenvalue weighted by molar-refractivity contribution is 7.17. The number of nitrogens with zero attached hydrogens (tertiary/aromatic N) is 2. The van der Waals surface area contributed by atoms with Crippen molar-refractivity contribution in [1.29, 1.82) is 0 Å². The summed E-state index contributed by atoms with van der Waals surface area (Å²) >= 11 is 1.42. The van der Waals surface area contributed by atoms with Crippen molar-refractivity contribution in [2.75, 3.05) is 18.4 Å². The number of fused-ring (bicyclic) bond motifs is 3. The Hall–Kier alpha value is -2.74. The topological polar surface area (TPSA) is 87.8 Å². The normalized spacial score (nSPS) is 17.9. The molecule has 6 nitrogen and oxygen atoms in total. The molecule has 2 heterocycles. The second-order valence-electron chi connectivity index (χ2n) is 6.73. The summed E-state index contributed by atoms with van der Waals surface area (Å²) in [6.07, 6.45) is 3.12. The zero-order valence-corrected chi connectivity index (χ0v) is 15.4. The number of hydrogen-bond donors (Lipinski definition) is 2. The summed E-state index contributed by atoms with van der Waals surface area (Å²) < 4.78 is 13.0. The average Bonchev–Trinajstić information content (AvgIpc) is 3.20. The Balaban J connectivity index is 1.50. The number of nitrogens with two attached hydrogens (primary N) is 1. The smallest absolute Gasteiger partial charge is 0.317 e. The lowest BCUT2D eigenvalue weighted by Gasteiger charge is -2.19. The molecule has 0 bridgehead atoms. The van der Waals surface area contributed by atoms with Crippen LogP contribution in [0.15, 0.2) is 29.4 Å². The third kappa shape index (κ3) is 3.44. The van der Waals surface area contributed by atoms with Gasteiger partial charge < -0.3 is 5.73 Å². The van der Waals surface area contributed by atoms with Gasteiger partial charge in [-0.05, 0) is 42.5 Å². The second-order valence-corrected chi connectivity index (χ2v) is 7.78. The van der Waals surface area contributed by atoms with Gasteiger partial charge in [0.1, 0.15) is 10.8 Å². The van der Waals surface area contributed by atoms with Crippen LogP contribution in [0.3, 0.4) is 0 Å². The Morgan fingerprint density at radius 2 is 2.15 bits per heavy atom. The van der Waals surface area contributed by atoms with Gasteiger partial charge in [-0.15, -0.1) is 11.3 Å². The molecule has 0 fully saturated rings. The molecule has 1 aliphatic carbocycles. The van der Waals surface area contributed by atoms with Crippen molar-refractivity contribution in [2.24, 2.45) is 10.8 Å². The minimum atomic E-state index is -0.669. The molecule has 2 aromatic rings. The van der Waals surface area contributed by atoms with E-state index in [4.69, 9.17) is 10.8 Å². The van der Waals surface area contributed by atoms with Crippen molar-refractivity contribution in [2.45, 2.75) is 25.2 Å². The van der Waals surface area contributed by atoms with E-state index in [1.807, 2.05) is 5.01 Å². The second kappa shape index (κ2) is 7.11. The molecular weight excluding hydrogens is 367 g/mol. The minimum Gasteiger partial charge on any atom is -0.351 e. The van der Waals surface area contributed by atoms with Crippen LogP contribution < -0.4 is 11.1 Å².